The molecule has 3 saturated carbocycles. The van der Waals surface area contributed by atoms with E-state index in [9.17, 15) is 15.0 Å². The van der Waals surface area contributed by atoms with Crippen molar-refractivity contribution in [2.24, 2.45) is 17.6 Å². The fourth-order valence-corrected chi connectivity index (χ4v) is 3.73. The van der Waals surface area contributed by atoms with Crippen LogP contribution in [-0.2, 0) is 4.79 Å². The molecule has 0 unspecified atom stereocenters. The molecule has 4 nitrogen and oxygen atoms in total. The maximum atomic E-state index is 10.6. The van der Waals surface area contributed by atoms with Gasteiger partial charge >= 0.3 is 0 Å². The number of aliphatic hydroxyl groups is 2. The quantitative estimate of drug-likeness (QED) is 0.541. The van der Waals surface area contributed by atoms with Crippen LogP contribution in [0.15, 0.2) is 0 Å². The molecule has 0 spiro atoms. The molecule has 27 heavy (non-hydrogen) atoms. The van der Waals surface area contributed by atoms with Gasteiger partial charge in [-0.2, -0.15) is 0 Å². The first-order valence-electron chi connectivity index (χ1n) is 10.7. The molecule has 0 aromatic rings. The fourth-order valence-electron chi connectivity index (χ4n) is 3.73. The first-order valence-corrected chi connectivity index (χ1v) is 10.7. The van der Waals surface area contributed by atoms with Crippen molar-refractivity contribution in [3.63, 3.8) is 0 Å². The Balaban J connectivity index is 0.000000369. The molecule has 3 aliphatic carbocycles. The fraction of sp³-hybridized carbons (Fsp3) is 0.955. The van der Waals surface area contributed by atoms with Crippen LogP contribution in [0, 0.1) is 11.8 Å². The van der Waals surface area contributed by atoms with Gasteiger partial charge in [-0.3, -0.25) is 4.79 Å². The van der Waals surface area contributed by atoms with Gasteiger partial charge in [0.25, 0.3) is 0 Å². The third-order valence-electron chi connectivity index (χ3n) is 6.29. The molecule has 0 amide bonds. The Labute approximate surface area is 173 Å². The summed E-state index contributed by atoms with van der Waals surface area (Å²) < 4.78 is 0. The summed E-state index contributed by atoms with van der Waals surface area (Å²) in [6.45, 7) is 8.30. The molecule has 0 aromatic carbocycles. The van der Waals surface area contributed by atoms with Crippen molar-refractivity contribution in [2.45, 2.75) is 122 Å². The van der Waals surface area contributed by atoms with E-state index >= 15 is 0 Å². The molecule has 3 aliphatic rings. The van der Waals surface area contributed by atoms with E-state index in [1.807, 2.05) is 13.8 Å². The van der Waals surface area contributed by atoms with Crippen LogP contribution < -0.4 is 5.73 Å². The molecule has 4 N–H and O–H groups in total. The maximum absolute atomic E-state index is 10.6. The zero-order chi connectivity index (χ0) is 19.8. The summed E-state index contributed by atoms with van der Waals surface area (Å²) in [5.41, 5.74) is 4.88. The Bertz CT molecular complexity index is 370. The van der Waals surface area contributed by atoms with Gasteiger partial charge in [-0.05, 0) is 89.9 Å². The third-order valence-corrected chi connectivity index (χ3v) is 6.29. The molecule has 0 aromatic heterocycles. The van der Waals surface area contributed by atoms with Crippen LogP contribution in [0.4, 0.5) is 0 Å². The highest BCUT2D eigenvalue weighted by atomic mass is 35.5. The zero-order valence-corrected chi connectivity index (χ0v) is 18.8. The van der Waals surface area contributed by atoms with E-state index in [1.165, 1.54) is 12.8 Å². The van der Waals surface area contributed by atoms with Gasteiger partial charge in [0.1, 0.15) is 5.78 Å². The first kappa shape index (κ1) is 26.8. The van der Waals surface area contributed by atoms with Gasteiger partial charge in [0.2, 0.25) is 0 Å². The Morgan fingerprint density at radius 2 is 1.11 bits per heavy atom. The maximum Gasteiger partial charge on any atom is 0.132 e. The lowest BCUT2D eigenvalue weighted by Gasteiger charge is -2.31. The number of rotatable bonds is 0. The number of carbonyl (C=O) groups excluding carboxylic acids is 1. The smallest absolute Gasteiger partial charge is 0.132 e. The second kappa shape index (κ2) is 12.4. The summed E-state index contributed by atoms with van der Waals surface area (Å²) in [4.78, 5) is 10.6. The van der Waals surface area contributed by atoms with Crippen LogP contribution in [0.3, 0.4) is 0 Å². The van der Waals surface area contributed by atoms with Crippen molar-refractivity contribution in [3.05, 3.63) is 0 Å². The average molecular weight is 406 g/mol. The second-order valence-electron chi connectivity index (χ2n) is 9.74. The zero-order valence-electron chi connectivity index (χ0n) is 18.0. The lowest BCUT2D eigenvalue weighted by atomic mass is 9.81. The van der Waals surface area contributed by atoms with Crippen molar-refractivity contribution in [3.8, 4) is 0 Å². The summed E-state index contributed by atoms with van der Waals surface area (Å²) >= 11 is 0. The van der Waals surface area contributed by atoms with Crippen LogP contribution >= 0.6 is 12.4 Å². The first-order chi connectivity index (χ1) is 12.0. The molecule has 0 bridgehead atoms. The lowest BCUT2D eigenvalue weighted by molar-refractivity contribution is -0.120. The van der Waals surface area contributed by atoms with E-state index in [2.05, 4.69) is 13.8 Å². The largest absolute Gasteiger partial charge is 0.390 e. The standard InChI is InChI=1S/C8H16O.C7H15NO.C7H12O.ClH/c1-7-3-5-8(2,9)6-4-7;1-7(9)4-2-6(8)3-5-7;1-6-2-4-7(8)5-3-6;/h7,9H,3-6H2,1-2H3;6,9H,2-5,8H2,1H3;6H,2-5H2,1H3;1H. The number of halogens is 1. The Kier molecular flexibility index (Phi) is 12.3. The minimum atomic E-state index is -0.421. The van der Waals surface area contributed by atoms with Gasteiger partial charge in [-0.1, -0.05) is 13.8 Å². The lowest BCUT2D eigenvalue weighted by Crippen LogP contribution is -2.36. The predicted molar refractivity (Wildman–Crippen MR) is 115 cm³/mol. The predicted octanol–water partition coefficient (Wildman–Crippen LogP) is 4.77. The van der Waals surface area contributed by atoms with Crippen molar-refractivity contribution in [2.75, 3.05) is 0 Å². The number of hydrogen-bond donors (Lipinski definition) is 3. The summed E-state index contributed by atoms with van der Waals surface area (Å²) in [6.07, 6.45) is 12.0. The molecule has 0 saturated heterocycles. The number of Topliss-reactive ketones (excluding diaryl/α,β-unsaturated/α-hetero) is 1. The molecular weight excluding hydrogens is 362 g/mol. The van der Waals surface area contributed by atoms with Gasteiger partial charge in [0, 0.05) is 18.9 Å². The molecule has 0 aliphatic heterocycles. The van der Waals surface area contributed by atoms with Crippen LogP contribution in [0.25, 0.3) is 0 Å². The summed E-state index contributed by atoms with van der Waals surface area (Å²) in [5.74, 6) is 2.10. The highest BCUT2D eigenvalue weighted by Crippen LogP contribution is 2.30. The van der Waals surface area contributed by atoms with Crippen LogP contribution in [0.1, 0.15) is 105 Å². The molecule has 0 radical (unpaired) electrons. The van der Waals surface area contributed by atoms with E-state index in [-0.39, 0.29) is 18.0 Å². The topological polar surface area (TPSA) is 83.5 Å². The molecule has 3 rings (SSSR count). The second-order valence-corrected chi connectivity index (χ2v) is 9.74. The van der Waals surface area contributed by atoms with Crippen molar-refractivity contribution >= 4 is 18.2 Å². The van der Waals surface area contributed by atoms with Gasteiger partial charge < -0.3 is 15.9 Å². The minimum absolute atomic E-state index is 0. The highest BCUT2D eigenvalue weighted by Gasteiger charge is 2.27. The average Bonchev–Trinajstić information content (AvgIpc) is 2.57. The summed E-state index contributed by atoms with van der Waals surface area (Å²) in [7, 11) is 0. The number of hydrogen-bond acceptors (Lipinski definition) is 4. The molecule has 162 valence electrons. The van der Waals surface area contributed by atoms with Gasteiger partial charge in [-0.25, -0.2) is 0 Å². The van der Waals surface area contributed by atoms with E-state index in [0.29, 0.717) is 11.8 Å². The van der Waals surface area contributed by atoms with E-state index in [0.717, 1.165) is 76.0 Å². The number of carbonyl (C=O) groups is 1. The van der Waals surface area contributed by atoms with Gasteiger partial charge in [0.05, 0.1) is 11.2 Å². The van der Waals surface area contributed by atoms with Gasteiger partial charge in [0.15, 0.2) is 0 Å². The summed E-state index contributed by atoms with van der Waals surface area (Å²) in [6, 6.07) is 0.338. The van der Waals surface area contributed by atoms with Crippen molar-refractivity contribution in [1.29, 1.82) is 0 Å². The van der Waals surface area contributed by atoms with Crippen LogP contribution in [0.2, 0.25) is 0 Å². The number of ketones is 1. The molecule has 5 heteroatoms. The molecule has 0 atom stereocenters. The van der Waals surface area contributed by atoms with E-state index < -0.39 is 5.60 Å². The van der Waals surface area contributed by atoms with Crippen LogP contribution in [0.5, 0.6) is 0 Å². The normalized spacial score (nSPS) is 37.1. The highest BCUT2D eigenvalue weighted by molar-refractivity contribution is 5.85. The van der Waals surface area contributed by atoms with E-state index in [1.54, 1.807) is 0 Å². The summed E-state index contributed by atoms with van der Waals surface area (Å²) in [5, 5.41) is 18.9. The van der Waals surface area contributed by atoms with E-state index in [4.69, 9.17) is 5.73 Å². The monoisotopic (exact) mass is 405 g/mol. The third kappa shape index (κ3) is 12.8. The molecular formula is C22H44ClNO3. The van der Waals surface area contributed by atoms with Crippen LogP contribution in [-0.4, -0.2) is 33.2 Å². The molecule has 3 fully saturated rings. The minimum Gasteiger partial charge on any atom is -0.390 e. The molecule has 0 heterocycles. The SMILES string of the molecule is CC1(O)CCC(N)CC1.CC1CCC(=O)CC1.CC1CCC(C)(O)CC1.Cl. The Morgan fingerprint density at radius 1 is 0.778 bits per heavy atom. The number of nitrogens with two attached hydrogens (primary N) is 1. The van der Waals surface area contributed by atoms with Gasteiger partial charge in [-0.15, -0.1) is 12.4 Å². The van der Waals surface area contributed by atoms with Crippen molar-refractivity contribution < 1.29 is 15.0 Å². The Hall–Kier alpha value is -0.160. The van der Waals surface area contributed by atoms with Crippen molar-refractivity contribution in [1.82, 2.24) is 0 Å². The Morgan fingerprint density at radius 3 is 1.41 bits per heavy atom.